The first-order valence-electron chi connectivity index (χ1n) is 27.1. The Bertz CT molecular complexity index is 5080. The lowest BCUT2D eigenvalue weighted by atomic mass is 10.1. The summed E-state index contributed by atoms with van der Waals surface area (Å²) in [7, 11) is 0. The van der Waals surface area contributed by atoms with Crippen LogP contribution in [0.15, 0.2) is 168 Å². The van der Waals surface area contributed by atoms with E-state index in [1.165, 1.54) is 43.8 Å². The van der Waals surface area contributed by atoms with Gasteiger partial charge in [0.15, 0.2) is 52.5 Å². The minimum Gasteiger partial charge on any atom is -0.494 e. The fraction of sp³-hybridized carbons (Fsp3) is 0.214. The highest BCUT2D eigenvalue weighted by Crippen LogP contribution is 2.25. The van der Waals surface area contributed by atoms with E-state index in [0.29, 0.717) is 87.2 Å². The van der Waals surface area contributed by atoms with Gasteiger partial charge in [0.2, 0.25) is 23.6 Å². The van der Waals surface area contributed by atoms with E-state index in [4.69, 9.17) is 34.6 Å². The number of halogens is 6. The van der Waals surface area contributed by atoms with E-state index in [0.717, 1.165) is 25.8 Å². The molecule has 0 atom stereocenters. The molecule has 0 saturated heterocycles. The fourth-order valence-electron chi connectivity index (χ4n) is 8.37. The molecule has 0 spiro atoms. The molecule has 12 aromatic heterocycles. The first-order valence-corrected chi connectivity index (χ1v) is 29.2. The molecular formula is C56H48Br2ClF3N20O10. The molecule has 0 fully saturated rings. The number of fused-ring (bicyclic) bond motifs is 4. The van der Waals surface area contributed by atoms with Gasteiger partial charge in [-0.1, -0.05) is 44.9 Å². The van der Waals surface area contributed by atoms with Gasteiger partial charge in [-0.3, -0.25) is 0 Å². The number of H-pyrrole nitrogens is 1. The zero-order chi connectivity index (χ0) is 65.2. The molecule has 0 radical (unpaired) electrons. The van der Waals surface area contributed by atoms with Gasteiger partial charge in [0, 0.05) is 33.7 Å². The lowest BCUT2D eigenvalue weighted by Crippen LogP contribution is -2.21. The molecule has 30 nitrogen and oxygen atoms in total. The Hall–Kier alpha value is -10.7. The van der Waals surface area contributed by atoms with Crippen LogP contribution in [0.3, 0.4) is 0 Å². The number of hydrogen-bond acceptors (Lipinski definition) is 22. The van der Waals surface area contributed by atoms with Crippen LogP contribution < -0.4 is 32.2 Å². The smallest absolute Gasteiger partial charge is 0.422 e. The molecule has 36 heteroatoms. The summed E-state index contributed by atoms with van der Waals surface area (Å²) in [5, 5.41) is 33.4. The summed E-state index contributed by atoms with van der Waals surface area (Å²) in [5.74, 6) is 4.80. The maximum atomic E-state index is 12.6. The first kappa shape index (κ1) is 64.3. The molecule has 0 amide bonds. The van der Waals surface area contributed by atoms with Gasteiger partial charge in [-0.25, -0.2) is 55.9 Å². The molecule has 0 aliphatic rings. The maximum Gasteiger partial charge on any atom is 0.422 e. The molecule has 0 aliphatic heterocycles. The van der Waals surface area contributed by atoms with Crippen molar-refractivity contribution in [2.75, 3.05) is 13.2 Å². The van der Waals surface area contributed by atoms with Crippen LogP contribution in [0.25, 0.3) is 44.8 Å². The van der Waals surface area contributed by atoms with Crippen LogP contribution in [0.5, 0.6) is 11.5 Å². The summed E-state index contributed by atoms with van der Waals surface area (Å²) in [4.78, 5) is 64.2. The van der Waals surface area contributed by atoms with Gasteiger partial charge in [0.05, 0.1) is 6.61 Å². The average Bonchev–Trinajstić information content (AvgIpc) is 2.98. The number of nitrogens with zero attached hydrogens (tertiary/aromatic N) is 19. The van der Waals surface area contributed by atoms with Gasteiger partial charge >= 0.3 is 28.9 Å². The summed E-state index contributed by atoms with van der Waals surface area (Å²) in [6.45, 7) is 8.43. The minimum atomic E-state index is -4.40. The van der Waals surface area contributed by atoms with E-state index in [1.54, 1.807) is 88.9 Å². The largest absolute Gasteiger partial charge is 0.494 e. The number of aromatic nitrogens is 20. The molecule has 1 N–H and O–H groups in total. The number of nitrogens with one attached hydrogen (secondary N) is 1. The molecule has 0 aliphatic carbocycles. The van der Waals surface area contributed by atoms with Crippen molar-refractivity contribution >= 4 is 66.0 Å². The molecule has 474 valence electrons. The van der Waals surface area contributed by atoms with E-state index in [1.807, 2.05) is 55.5 Å². The van der Waals surface area contributed by atoms with Crippen LogP contribution in [0.2, 0.25) is 0 Å². The average molecular weight is 1410 g/mol. The summed E-state index contributed by atoms with van der Waals surface area (Å²) in [5.41, 5.74) is 4.36. The quantitative estimate of drug-likeness (QED) is 0.107. The van der Waals surface area contributed by atoms with Crippen molar-refractivity contribution in [2.24, 2.45) is 0 Å². The van der Waals surface area contributed by atoms with E-state index in [9.17, 15) is 32.3 Å². The number of pyridine rings is 4. The zero-order valence-corrected chi connectivity index (χ0v) is 52.6. The monoisotopic (exact) mass is 1410 g/mol. The highest BCUT2D eigenvalue weighted by atomic mass is 79.9. The van der Waals surface area contributed by atoms with Crippen molar-refractivity contribution in [3.63, 3.8) is 0 Å². The number of benzene rings is 2. The highest BCUT2D eigenvalue weighted by Gasteiger charge is 2.28. The molecule has 2 aromatic carbocycles. The van der Waals surface area contributed by atoms with Crippen molar-refractivity contribution in [2.45, 2.75) is 66.3 Å². The van der Waals surface area contributed by atoms with Gasteiger partial charge in [-0.05, 0) is 162 Å². The third-order valence-corrected chi connectivity index (χ3v) is 13.6. The van der Waals surface area contributed by atoms with Crippen LogP contribution >= 0.6 is 43.5 Å². The molecule has 92 heavy (non-hydrogen) atoms. The van der Waals surface area contributed by atoms with Crippen LogP contribution in [0, 0.1) is 27.7 Å². The number of alkyl halides is 4. The topological polar surface area (TPSA) is 342 Å². The lowest BCUT2D eigenvalue weighted by molar-refractivity contribution is -0.153. The number of hydrogen-bond donors (Lipinski definition) is 1. The Kier molecular flexibility index (Phi) is 19.9. The predicted octanol–water partition coefficient (Wildman–Crippen LogP) is 8.05. The Balaban J connectivity index is 0.000000134. The second-order valence-electron chi connectivity index (χ2n) is 19.3. The Morgan fingerprint density at radius 2 is 0.837 bits per heavy atom. The summed E-state index contributed by atoms with van der Waals surface area (Å²) in [6, 6.07) is 28.2. The second kappa shape index (κ2) is 28.4. The number of rotatable bonds is 13. The number of ether oxygens (including phenoxy) is 2. The number of aryl methyl sites for hydroxylation is 4. The third kappa shape index (κ3) is 16.2. The summed E-state index contributed by atoms with van der Waals surface area (Å²) >= 11 is 11.9. The van der Waals surface area contributed by atoms with Crippen molar-refractivity contribution < 1.29 is 40.7 Å². The van der Waals surface area contributed by atoms with Gasteiger partial charge < -0.3 is 27.6 Å². The van der Waals surface area contributed by atoms with E-state index >= 15 is 0 Å². The Morgan fingerprint density at radius 1 is 0.478 bits per heavy atom. The van der Waals surface area contributed by atoms with E-state index < -0.39 is 12.8 Å². The molecule has 12 heterocycles. The summed E-state index contributed by atoms with van der Waals surface area (Å²) in [6.07, 6.45) is 2.31. The van der Waals surface area contributed by atoms with E-state index in [-0.39, 0.29) is 54.0 Å². The molecule has 0 bridgehead atoms. The SMILES string of the molecule is CCOc1ccc(-c2ccc3nn(Cc4nc(C)no4)c(=O)n3c2)cc1.Cc1noc(CCl)n1.Cc1noc(Cn2nc3ccc(-c4ccc(OCC(F)(F)F)cc4)cn3c2=O)n1.Cc1noc(Cn2nc3ccc(Br)cn3c2=O)n1.O=c1[nH]nc2ccc(Br)cn12. The molecule has 14 aromatic rings. The van der Waals surface area contributed by atoms with Gasteiger partial charge in [0.1, 0.15) is 37.0 Å². The van der Waals surface area contributed by atoms with Crippen molar-refractivity contribution in [3.05, 3.63) is 220 Å². The second-order valence-corrected chi connectivity index (χ2v) is 21.4. The fourth-order valence-corrected chi connectivity index (χ4v) is 9.15. The minimum absolute atomic E-state index is 0.0436. The predicted molar refractivity (Wildman–Crippen MR) is 326 cm³/mol. The third-order valence-electron chi connectivity index (χ3n) is 12.4. The highest BCUT2D eigenvalue weighted by molar-refractivity contribution is 9.10. The maximum absolute atomic E-state index is 12.6. The van der Waals surface area contributed by atoms with E-state index in [2.05, 4.69) is 102 Å². The number of aromatic amines is 1. The Labute approximate surface area is 534 Å². The van der Waals surface area contributed by atoms with Crippen LogP contribution in [-0.2, 0) is 25.5 Å². The van der Waals surface area contributed by atoms with Crippen LogP contribution in [-0.4, -0.2) is 117 Å². The Morgan fingerprint density at radius 3 is 1.21 bits per heavy atom. The van der Waals surface area contributed by atoms with Gasteiger partial charge in [-0.2, -0.15) is 38.2 Å². The van der Waals surface area contributed by atoms with Gasteiger partial charge in [-0.15, -0.1) is 26.9 Å². The van der Waals surface area contributed by atoms with Crippen molar-refractivity contribution in [1.82, 2.24) is 97.7 Å². The molecule has 14 rings (SSSR count). The first-order chi connectivity index (χ1) is 44.1. The van der Waals surface area contributed by atoms with Crippen molar-refractivity contribution in [1.29, 1.82) is 0 Å². The summed E-state index contributed by atoms with van der Waals surface area (Å²) < 4.78 is 77.8. The standard InChI is InChI=1S/C18H14F3N5O3.C18H17N5O3.C10H8BrN5O2.C6H4BrN3O.C4H5ClN2O/c1-11-22-16(29-24-11)9-26-17(27)25-8-13(4-7-15(25)23-26)12-2-5-14(6-3-12)28-10-18(19,20)21;1-3-25-15-7-4-13(5-8-15)14-6-9-16-20-23(18(24)22(16)10-14)11-17-19-12(2)21-26-17;1-6-12-9(18-14-6)5-16-10(17)15-4-7(11)2-3-8(15)13-16;7-4-1-2-5-8-9-6(11)10(5)3-4;1-3-6-4(2-5)8-7-3/h2-8H,9-10H2,1H3;4-10H,3,11H2,1-2H3;2-4H,5H2,1H3;1-3H,(H,9,11);2H2,1H3. The molecule has 0 saturated carbocycles. The van der Waals surface area contributed by atoms with Crippen molar-refractivity contribution in [3.8, 4) is 33.8 Å². The molecule has 0 unspecified atom stereocenters. The lowest BCUT2D eigenvalue weighted by Gasteiger charge is -2.09. The molecular weight excluding hydrogens is 1370 g/mol. The normalized spacial score (nSPS) is 11.2. The van der Waals surface area contributed by atoms with Crippen LogP contribution in [0.1, 0.15) is 53.8 Å². The van der Waals surface area contributed by atoms with Crippen LogP contribution in [0.4, 0.5) is 13.2 Å². The zero-order valence-electron chi connectivity index (χ0n) is 48.6. The van der Waals surface area contributed by atoms with Gasteiger partial charge in [0.25, 0.3) is 0 Å².